The lowest BCUT2D eigenvalue weighted by molar-refractivity contribution is -0.131. The van der Waals surface area contributed by atoms with Gasteiger partial charge in [-0.25, -0.2) is 9.97 Å². The quantitative estimate of drug-likeness (QED) is 0.839. The zero-order valence-corrected chi connectivity index (χ0v) is 12.3. The second kappa shape index (κ2) is 6.36. The summed E-state index contributed by atoms with van der Waals surface area (Å²) in [5.74, 6) is 1.71. The second-order valence-corrected chi connectivity index (χ2v) is 4.51. The molecule has 0 aliphatic carbocycles. The maximum Gasteiger partial charge on any atom is 0.244 e. The molecular formula is C13H23N5O. The molecule has 19 heavy (non-hydrogen) atoms. The number of nitrogens with one attached hydrogen (secondary N) is 1. The number of hydrogen-bond donors (Lipinski definition) is 2. The molecule has 0 saturated heterocycles. The molecular weight excluding hydrogens is 242 g/mol. The Bertz CT molecular complexity index is 457. The maximum atomic E-state index is 12.2. The van der Waals surface area contributed by atoms with E-state index >= 15 is 0 Å². The standard InChI is InChI=1S/C13H23N5O/c1-6-18(7-2)13(19)9(4)15-12-8(3)11(14)16-10(5)17-12/h9H,6-7H2,1-5H3,(H3,14,15,16,17). The molecule has 1 aromatic rings. The van der Waals surface area contributed by atoms with Crippen molar-refractivity contribution >= 4 is 17.5 Å². The number of anilines is 2. The van der Waals surface area contributed by atoms with E-state index in [1.165, 1.54) is 0 Å². The van der Waals surface area contributed by atoms with Crippen molar-refractivity contribution in [3.05, 3.63) is 11.4 Å². The average molecular weight is 265 g/mol. The first-order valence-corrected chi connectivity index (χ1v) is 6.56. The molecule has 0 fully saturated rings. The number of carbonyl (C=O) groups excluding carboxylic acids is 1. The molecule has 0 saturated carbocycles. The molecule has 3 N–H and O–H groups in total. The molecule has 106 valence electrons. The Morgan fingerprint density at radius 3 is 2.42 bits per heavy atom. The predicted molar refractivity (Wildman–Crippen MR) is 76.9 cm³/mol. The van der Waals surface area contributed by atoms with Crippen molar-refractivity contribution in [2.24, 2.45) is 0 Å². The highest BCUT2D eigenvalue weighted by molar-refractivity contribution is 5.84. The summed E-state index contributed by atoms with van der Waals surface area (Å²) in [5.41, 5.74) is 6.57. The number of likely N-dealkylation sites (N-methyl/N-ethyl adjacent to an activating group) is 1. The van der Waals surface area contributed by atoms with Crippen LogP contribution in [0.3, 0.4) is 0 Å². The van der Waals surface area contributed by atoms with Crippen LogP contribution in [0.25, 0.3) is 0 Å². The van der Waals surface area contributed by atoms with Crippen molar-refractivity contribution in [3.63, 3.8) is 0 Å². The van der Waals surface area contributed by atoms with Crippen LogP contribution in [0.15, 0.2) is 0 Å². The van der Waals surface area contributed by atoms with Crippen molar-refractivity contribution in [1.29, 1.82) is 0 Å². The number of nitrogens with zero attached hydrogens (tertiary/aromatic N) is 3. The molecule has 1 amide bonds. The van der Waals surface area contributed by atoms with E-state index in [-0.39, 0.29) is 11.9 Å². The molecule has 0 aliphatic rings. The Kier molecular flexibility index (Phi) is 5.09. The van der Waals surface area contributed by atoms with Gasteiger partial charge in [0.1, 0.15) is 23.5 Å². The first kappa shape index (κ1) is 15.2. The molecule has 1 rings (SSSR count). The Morgan fingerprint density at radius 2 is 1.89 bits per heavy atom. The van der Waals surface area contributed by atoms with Crippen LogP contribution in [-0.2, 0) is 4.79 Å². The summed E-state index contributed by atoms with van der Waals surface area (Å²) < 4.78 is 0. The van der Waals surface area contributed by atoms with Crippen LogP contribution in [0.2, 0.25) is 0 Å². The topological polar surface area (TPSA) is 84.1 Å². The largest absolute Gasteiger partial charge is 0.383 e. The molecule has 1 aromatic heterocycles. The lowest BCUT2D eigenvalue weighted by Gasteiger charge is -2.24. The Morgan fingerprint density at radius 1 is 1.32 bits per heavy atom. The number of rotatable bonds is 5. The molecule has 0 aliphatic heterocycles. The highest BCUT2D eigenvalue weighted by atomic mass is 16.2. The minimum atomic E-state index is -0.340. The van der Waals surface area contributed by atoms with Gasteiger partial charge in [0.05, 0.1) is 0 Å². The van der Waals surface area contributed by atoms with Gasteiger partial charge in [-0.05, 0) is 34.6 Å². The van der Waals surface area contributed by atoms with Gasteiger partial charge >= 0.3 is 0 Å². The monoisotopic (exact) mass is 265 g/mol. The fourth-order valence-electron chi connectivity index (χ4n) is 1.87. The number of amides is 1. The number of hydrogen-bond acceptors (Lipinski definition) is 5. The maximum absolute atomic E-state index is 12.2. The van der Waals surface area contributed by atoms with Gasteiger partial charge in [-0.3, -0.25) is 4.79 Å². The van der Waals surface area contributed by atoms with E-state index in [2.05, 4.69) is 15.3 Å². The molecule has 6 heteroatoms. The van der Waals surface area contributed by atoms with Crippen molar-refractivity contribution in [2.75, 3.05) is 24.1 Å². The molecule has 1 unspecified atom stereocenters. The fourth-order valence-corrected chi connectivity index (χ4v) is 1.87. The molecule has 1 heterocycles. The van der Waals surface area contributed by atoms with Crippen molar-refractivity contribution in [3.8, 4) is 0 Å². The first-order valence-electron chi connectivity index (χ1n) is 6.56. The zero-order valence-electron chi connectivity index (χ0n) is 12.3. The summed E-state index contributed by atoms with van der Waals surface area (Å²) in [6, 6.07) is -0.340. The Labute approximate surface area is 114 Å². The van der Waals surface area contributed by atoms with Crippen LogP contribution in [0.1, 0.15) is 32.2 Å². The molecule has 0 bridgehead atoms. The zero-order chi connectivity index (χ0) is 14.6. The van der Waals surface area contributed by atoms with E-state index in [9.17, 15) is 4.79 Å². The van der Waals surface area contributed by atoms with E-state index in [1.54, 1.807) is 11.8 Å². The third-order valence-corrected chi connectivity index (χ3v) is 3.09. The van der Waals surface area contributed by atoms with E-state index in [0.717, 1.165) is 5.56 Å². The van der Waals surface area contributed by atoms with Gasteiger partial charge in [-0.1, -0.05) is 0 Å². The van der Waals surface area contributed by atoms with Gasteiger partial charge < -0.3 is 16.0 Å². The SMILES string of the molecule is CCN(CC)C(=O)C(C)Nc1nc(C)nc(N)c1C. The number of aromatic nitrogens is 2. The summed E-state index contributed by atoms with van der Waals surface area (Å²) in [6.45, 7) is 10.8. The van der Waals surface area contributed by atoms with Gasteiger partial charge in [0.25, 0.3) is 0 Å². The van der Waals surface area contributed by atoms with Gasteiger partial charge in [0.15, 0.2) is 0 Å². The molecule has 6 nitrogen and oxygen atoms in total. The van der Waals surface area contributed by atoms with E-state index < -0.39 is 0 Å². The van der Waals surface area contributed by atoms with Crippen LogP contribution in [0, 0.1) is 13.8 Å². The lowest BCUT2D eigenvalue weighted by atomic mass is 10.2. The average Bonchev–Trinajstić information content (AvgIpc) is 2.36. The van der Waals surface area contributed by atoms with Crippen LogP contribution >= 0.6 is 0 Å². The summed E-state index contributed by atoms with van der Waals surface area (Å²) >= 11 is 0. The summed E-state index contributed by atoms with van der Waals surface area (Å²) in [4.78, 5) is 22.3. The summed E-state index contributed by atoms with van der Waals surface area (Å²) in [5, 5.41) is 3.12. The van der Waals surface area contributed by atoms with E-state index in [4.69, 9.17) is 5.73 Å². The smallest absolute Gasteiger partial charge is 0.244 e. The van der Waals surface area contributed by atoms with Crippen LogP contribution in [0.5, 0.6) is 0 Å². The van der Waals surface area contributed by atoms with E-state index in [0.29, 0.717) is 30.5 Å². The van der Waals surface area contributed by atoms with Crippen molar-refractivity contribution in [2.45, 2.75) is 40.7 Å². The number of aryl methyl sites for hydroxylation is 1. The Hall–Kier alpha value is -1.85. The molecule has 0 aromatic carbocycles. The number of nitrogen functional groups attached to an aromatic ring is 1. The van der Waals surface area contributed by atoms with Crippen LogP contribution < -0.4 is 11.1 Å². The summed E-state index contributed by atoms with van der Waals surface area (Å²) in [7, 11) is 0. The molecule has 1 atom stereocenters. The predicted octanol–water partition coefficient (Wildman–Crippen LogP) is 1.34. The fraction of sp³-hybridized carbons (Fsp3) is 0.615. The summed E-state index contributed by atoms with van der Waals surface area (Å²) in [6.07, 6.45) is 0. The van der Waals surface area contributed by atoms with Crippen molar-refractivity contribution < 1.29 is 4.79 Å². The first-order chi connectivity index (χ1) is 8.90. The van der Waals surface area contributed by atoms with Crippen LogP contribution in [-0.4, -0.2) is 39.9 Å². The highest BCUT2D eigenvalue weighted by Gasteiger charge is 2.19. The Balaban J connectivity index is 2.88. The van der Waals surface area contributed by atoms with Gasteiger partial charge in [-0.2, -0.15) is 0 Å². The van der Waals surface area contributed by atoms with Crippen LogP contribution in [0.4, 0.5) is 11.6 Å². The third kappa shape index (κ3) is 3.56. The lowest BCUT2D eigenvalue weighted by Crippen LogP contribution is -2.41. The number of nitrogens with two attached hydrogens (primary N) is 1. The van der Waals surface area contributed by atoms with Gasteiger partial charge in [0.2, 0.25) is 5.91 Å². The molecule has 0 spiro atoms. The number of carbonyl (C=O) groups is 1. The highest BCUT2D eigenvalue weighted by Crippen LogP contribution is 2.18. The van der Waals surface area contributed by atoms with Gasteiger partial charge in [0, 0.05) is 18.7 Å². The molecule has 0 radical (unpaired) electrons. The minimum absolute atomic E-state index is 0.0548. The normalized spacial score (nSPS) is 12.1. The third-order valence-electron chi connectivity index (χ3n) is 3.09. The van der Waals surface area contributed by atoms with E-state index in [1.807, 2.05) is 27.7 Å². The van der Waals surface area contributed by atoms with Gasteiger partial charge in [-0.15, -0.1) is 0 Å². The van der Waals surface area contributed by atoms with Crippen molar-refractivity contribution in [1.82, 2.24) is 14.9 Å². The second-order valence-electron chi connectivity index (χ2n) is 4.51. The minimum Gasteiger partial charge on any atom is -0.383 e.